The van der Waals surface area contributed by atoms with Gasteiger partial charge in [0.15, 0.2) is 0 Å². The first kappa shape index (κ1) is 28.4. The molecule has 0 unspecified atom stereocenters. The number of rotatable bonds is 12. The van der Waals surface area contributed by atoms with E-state index in [1.165, 1.54) is 4.90 Å². The van der Waals surface area contributed by atoms with Gasteiger partial charge in [-0.15, -0.1) is 0 Å². The van der Waals surface area contributed by atoms with E-state index in [4.69, 9.17) is 0 Å². The van der Waals surface area contributed by atoms with Crippen LogP contribution in [0.2, 0.25) is 0 Å². The topological polar surface area (TPSA) is 86.8 Å². The minimum atomic E-state index is -3.74. The molecule has 0 heterocycles. The largest absolute Gasteiger partial charge is 0.354 e. The highest BCUT2D eigenvalue weighted by Crippen LogP contribution is 2.23. The van der Waals surface area contributed by atoms with Gasteiger partial charge in [0, 0.05) is 13.1 Å². The lowest BCUT2D eigenvalue weighted by Gasteiger charge is -2.31. The number of benzene rings is 2. The molecule has 0 aliphatic carbocycles. The summed E-state index contributed by atoms with van der Waals surface area (Å²) in [5, 5.41) is 2.88. The summed E-state index contributed by atoms with van der Waals surface area (Å²) < 4.78 is 26.4. The maximum Gasteiger partial charge on any atom is 0.244 e. The molecule has 2 aromatic carbocycles. The first-order valence-corrected chi connectivity index (χ1v) is 14.0. The lowest BCUT2D eigenvalue weighted by Crippen LogP contribution is -2.51. The number of carbonyl (C=O) groups excluding carboxylic acids is 2. The minimum Gasteiger partial charge on any atom is -0.354 e. The van der Waals surface area contributed by atoms with E-state index in [2.05, 4.69) is 19.2 Å². The maximum atomic E-state index is 13.6. The fourth-order valence-corrected chi connectivity index (χ4v) is 4.61. The van der Waals surface area contributed by atoms with Crippen molar-refractivity contribution in [2.45, 2.75) is 66.0 Å². The van der Waals surface area contributed by atoms with E-state index in [1.54, 1.807) is 19.1 Å². The Bertz CT molecular complexity index is 1100. The van der Waals surface area contributed by atoms with Crippen molar-refractivity contribution in [1.82, 2.24) is 10.2 Å². The monoisotopic (exact) mass is 501 g/mol. The van der Waals surface area contributed by atoms with Gasteiger partial charge in [-0.25, -0.2) is 8.42 Å². The molecule has 1 atom stereocenters. The Kier molecular flexibility index (Phi) is 10.3. The second kappa shape index (κ2) is 12.7. The average Bonchev–Trinajstić information content (AvgIpc) is 2.80. The second-order valence-corrected chi connectivity index (χ2v) is 11.3. The van der Waals surface area contributed by atoms with E-state index in [1.807, 2.05) is 50.2 Å². The number of hydrogen-bond acceptors (Lipinski definition) is 4. The van der Waals surface area contributed by atoms with Crippen molar-refractivity contribution < 1.29 is 18.0 Å². The van der Waals surface area contributed by atoms with Gasteiger partial charge in [0.2, 0.25) is 21.8 Å². The number of hydrogen-bond donors (Lipinski definition) is 1. The third-order valence-corrected chi connectivity index (χ3v) is 7.10. The van der Waals surface area contributed by atoms with Crippen LogP contribution in [0.1, 0.15) is 63.1 Å². The van der Waals surface area contributed by atoms with E-state index in [9.17, 15) is 18.0 Å². The molecular formula is C27H39N3O4S. The van der Waals surface area contributed by atoms with E-state index in [0.29, 0.717) is 18.2 Å². The van der Waals surface area contributed by atoms with Crippen LogP contribution < -0.4 is 9.62 Å². The molecule has 0 bridgehead atoms. The second-order valence-electron chi connectivity index (χ2n) is 9.35. The Balaban J connectivity index is 2.35. The third kappa shape index (κ3) is 8.38. The Labute approximate surface area is 210 Å². The number of anilines is 1. The molecule has 35 heavy (non-hydrogen) atoms. The molecule has 0 saturated carbocycles. The van der Waals surface area contributed by atoms with Crippen LogP contribution in [0.15, 0.2) is 48.5 Å². The number of nitrogens with zero attached hydrogens (tertiary/aromatic N) is 2. The van der Waals surface area contributed by atoms with Gasteiger partial charge in [-0.1, -0.05) is 69.2 Å². The van der Waals surface area contributed by atoms with Gasteiger partial charge in [0.25, 0.3) is 0 Å². The van der Waals surface area contributed by atoms with E-state index in [-0.39, 0.29) is 12.5 Å². The van der Waals surface area contributed by atoms with Crippen LogP contribution in [0.4, 0.5) is 5.69 Å². The summed E-state index contributed by atoms with van der Waals surface area (Å²) in [5.74, 6) is -0.399. The smallest absolute Gasteiger partial charge is 0.244 e. The number of amides is 2. The summed E-state index contributed by atoms with van der Waals surface area (Å²) in [6.45, 7) is 10.1. The molecule has 1 N–H and O–H groups in total. The number of sulfonamides is 1. The zero-order chi connectivity index (χ0) is 26.2. The summed E-state index contributed by atoms with van der Waals surface area (Å²) in [6.07, 6.45) is 2.88. The first-order chi connectivity index (χ1) is 16.4. The zero-order valence-corrected chi connectivity index (χ0v) is 22.6. The number of carbonyl (C=O) groups is 2. The summed E-state index contributed by atoms with van der Waals surface area (Å²) in [4.78, 5) is 27.8. The van der Waals surface area contributed by atoms with Crippen molar-refractivity contribution in [2.75, 3.05) is 23.7 Å². The van der Waals surface area contributed by atoms with Crippen LogP contribution in [0.3, 0.4) is 0 Å². The molecule has 0 saturated heterocycles. The van der Waals surface area contributed by atoms with Crippen LogP contribution >= 0.6 is 0 Å². The van der Waals surface area contributed by atoms with Gasteiger partial charge in [0.1, 0.15) is 12.6 Å². The predicted molar refractivity (Wildman–Crippen MR) is 142 cm³/mol. The molecular weight excluding hydrogens is 462 g/mol. The number of unbranched alkanes of at least 4 members (excludes halogenated alkanes) is 1. The van der Waals surface area contributed by atoms with Crippen LogP contribution in [0.5, 0.6) is 0 Å². The van der Waals surface area contributed by atoms with Crippen molar-refractivity contribution in [2.24, 2.45) is 0 Å². The van der Waals surface area contributed by atoms with E-state index >= 15 is 0 Å². The Hall–Kier alpha value is -2.87. The molecule has 0 aliphatic heterocycles. The standard InChI is InChI=1S/C27H39N3O4S/c1-7-8-16-28-27(32)22(5)29(18-23-11-9-10-21(4)17-23)26(31)19-30(35(6,33)34)25-14-12-24(13-15-25)20(2)3/h9-15,17,20,22H,7-8,16,18-19H2,1-6H3,(H,28,32)/t22-/m1/s1. The molecule has 192 valence electrons. The first-order valence-electron chi connectivity index (χ1n) is 12.1. The van der Waals surface area contributed by atoms with Gasteiger partial charge in [-0.05, 0) is 49.4 Å². The lowest BCUT2D eigenvalue weighted by atomic mass is 10.0. The molecule has 0 aliphatic rings. The Morgan fingerprint density at radius 1 is 1.03 bits per heavy atom. The summed E-state index contributed by atoms with van der Waals surface area (Å²) >= 11 is 0. The zero-order valence-electron chi connectivity index (χ0n) is 21.7. The SMILES string of the molecule is CCCCNC(=O)[C@@H](C)N(Cc1cccc(C)c1)C(=O)CN(c1ccc(C(C)C)cc1)S(C)(=O)=O. The molecule has 2 amide bonds. The quantitative estimate of drug-likeness (QED) is 0.441. The summed E-state index contributed by atoms with van der Waals surface area (Å²) in [7, 11) is -3.74. The molecule has 0 fully saturated rings. The number of aryl methyl sites for hydroxylation is 1. The molecule has 0 spiro atoms. The average molecular weight is 502 g/mol. The predicted octanol–water partition coefficient (Wildman–Crippen LogP) is 4.22. The molecule has 8 heteroatoms. The van der Waals surface area contributed by atoms with E-state index < -0.39 is 28.5 Å². The van der Waals surface area contributed by atoms with Gasteiger partial charge >= 0.3 is 0 Å². The van der Waals surface area contributed by atoms with Gasteiger partial charge in [-0.2, -0.15) is 0 Å². The molecule has 7 nitrogen and oxygen atoms in total. The van der Waals surface area contributed by atoms with Gasteiger partial charge < -0.3 is 10.2 Å². The Morgan fingerprint density at radius 2 is 1.69 bits per heavy atom. The van der Waals surface area contributed by atoms with Gasteiger partial charge in [-0.3, -0.25) is 13.9 Å². The molecule has 0 aromatic heterocycles. The van der Waals surface area contributed by atoms with Crippen molar-refractivity contribution in [3.05, 3.63) is 65.2 Å². The fraction of sp³-hybridized carbons (Fsp3) is 0.481. The van der Waals surface area contributed by atoms with E-state index in [0.717, 1.165) is 40.1 Å². The van der Waals surface area contributed by atoms with Crippen molar-refractivity contribution in [3.8, 4) is 0 Å². The summed E-state index contributed by atoms with van der Waals surface area (Å²) in [6, 6.07) is 14.1. The summed E-state index contributed by atoms with van der Waals surface area (Å²) in [5.41, 5.74) is 3.41. The maximum absolute atomic E-state index is 13.6. The van der Waals surface area contributed by atoms with Crippen molar-refractivity contribution in [1.29, 1.82) is 0 Å². The van der Waals surface area contributed by atoms with Crippen LogP contribution in [0.25, 0.3) is 0 Å². The van der Waals surface area contributed by atoms with Crippen molar-refractivity contribution in [3.63, 3.8) is 0 Å². The van der Waals surface area contributed by atoms with Gasteiger partial charge in [0.05, 0.1) is 11.9 Å². The van der Waals surface area contributed by atoms with Crippen LogP contribution in [-0.4, -0.2) is 50.5 Å². The minimum absolute atomic E-state index is 0.201. The van der Waals surface area contributed by atoms with Crippen molar-refractivity contribution >= 4 is 27.5 Å². The Morgan fingerprint density at radius 3 is 2.23 bits per heavy atom. The molecule has 2 aromatic rings. The molecule has 2 rings (SSSR count). The molecule has 0 radical (unpaired) electrons. The normalized spacial score (nSPS) is 12.3. The highest BCUT2D eigenvalue weighted by molar-refractivity contribution is 7.92. The lowest BCUT2D eigenvalue weighted by molar-refractivity contribution is -0.139. The fourth-order valence-electron chi connectivity index (χ4n) is 3.77. The highest BCUT2D eigenvalue weighted by atomic mass is 32.2. The number of nitrogens with one attached hydrogen (secondary N) is 1. The highest BCUT2D eigenvalue weighted by Gasteiger charge is 2.30. The third-order valence-electron chi connectivity index (χ3n) is 5.96. The van der Waals surface area contributed by atoms with Crippen LogP contribution in [0, 0.1) is 6.92 Å². The van der Waals surface area contributed by atoms with Crippen LogP contribution in [-0.2, 0) is 26.2 Å².